The number of carbonyl (C=O) groups excluding carboxylic acids is 1. The molecule has 0 bridgehead atoms. The van der Waals surface area contributed by atoms with Crippen LogP contribution < -0.4 is 4.90 Å². The molecule has 0 saturated carbocycles. The molecule has 0 aliphatic carbocycles. The van der Waals surface area contributed by atoms with E-state index in [1.165, 1.54) is 0 Å². The second-order valence-corrected chi connectivity index (χ2v) is 6.41. The van der Waals surface area contributed by atoms with Gasteiger partial charge < -0.3 is 14.5 Å². The molecule has 116 valence electrons. The van der Waals surface area contributed by atoms with Gasteiger partial charge in [0.05, 0.1) is 0 Å². The summed E-state index contributed by atoms with van der Waals surface area (Å²) in [7, 11) is 0. The number of aryl methyl sites for hydroxylation is 2. The van der Waals surface area contributed by atoms with Gasteiger partial charge in [-0.05, 0) is 40.7 Å². The van der Waals surface area contributed by atoms with E-state index in [1.807, 2.05) is 40.7 Å². The van der Waals surface area contributed by atoms with Gasteiger partial charge in [-0.3, -0.25) is 0 Å². The van der Waals surface area contributed by atoms with Crippen LogP contribution in [-0.2, 0) is 4.74 Å². The minimum atomic E-state index is -0.453. The van der Waals surface area contributed by atoms with E-state index in [0.717, 1.165) is 30.4 Å². The van der Waals surface area contributed by atoms with E-state index in [0.29, 0.717) is 13.1 Å². The maximum Gasteiger partial charge on any atom is 0.410 e. The van der Waals surface area contributed by atoms with E-state index < -0.39 is 5.60 Å². The van der Waals surface area contributed by atoms with E-state index >= 15 is 0 Å². The van der Waals surface area contributed by atoms with Gasteiger partial charge in [-0.1, -0.05) is 0 Å². The van der Waals surface area contributed by atoms with Gasteiger partial charge in [-0.15, -0.1) is 0 Å². The first-order valence-corrected chi connectivity index (χ1v) is 7.30. The average Bonchev–Trinajstić information content (AvgIpc) is 2.35. The van der Waals surface area contributed by atoms with Gasteiger partial charge in [0.1, 0.15) is 5.60 Å². The molecule has 0 aromatic carbocycles. The molecule has 2 rings (SSSR count). The number of piperazine rings is 1. The summed E-state index contributed by atoms with van der Waals surface area (Å²) in [6, 6.07) is 1.96. The maximum absolute atomic E-state index is 12.0. The first-order valence-electron chi connectivity index (χ1n) is 7.30. The van der Waals surface area contributed by atoms with E-state index in [2.05, 4.69) is 14.9 Å². The first-order chi connectivity index (χ1) is 9.74. The van der Waals surface area contributed by atoms with Crippen LogP contribution in [0.25, 0.3) is 0 Å². The number of carbonyl (C=O) groups is 1. The second kappa shape index (κ2) is 5.87. The van der Waals surface area contributed by atoms with Gasteiger partial charge in [0.25, 0.3) is 0 Å². The number of anilines is 1. The highest BCUT2D eigenvalue weighted by molar-refractivity contribution is 5.68. The van der Waals surface area contributed by atoms with Crippen molar-refractivity contribution in [1.82, 2.24) is 14.9 Å². The predicted octanol–water partition coefficient (Wildman–Crippen LogP) is 2.15. The molecule has 1 aromatic heterocycles. The monoisotopic (exact) mass is 292 g/mol. The van der Waals surface area contributed by atoms with Crippen molar-refractivity contribution in [2.45, 2.75) is 40.2 Å². The number of amides is 1. The van der Waals surface area contributed by atoms with Crippen LogP contribution in [0.2, 0.25) is 0 Å². The summed E-state index contributed by atoms with van der Waals surface area (Å²) in [4.78, 5) is 24.8. The van der Waals surface area contributed by atoms with Crippen LogP contribution >= 0.6 is 0 Å². The fourth-order valence-electron chi connectivity index (χ4n) is 2.26. The smallest absolute Gasteiger partial charge is 0.410 e. The van der Waals surface area contributed by atoms with Crippen LogP contribution in [0.1, 0.15) is 32.2 Å². The highest BCUT2D eigenvalue weighted by Crippen LogP contribution is 2.15. The molecule has 1 fully saturated rings. The second-order valence-electron chi connectivity index (χ2n) is 6.41. The van der Waals surface area contributed by atoms with Crippen LogP contribution in [0.3, 0.4) is 0 Å². The van der Waals surface area contributed by atoms with Crippen molar-refractivity contribution in [1.29, 1.82) is 0 Å². The quantitative estimate of drug-likeness (QED) is 0.794. The zero-order chi connectivity index (χ0) is 15.6. The molecule has 2 heterocycles. The number of hydrogen-bond donors (Lipinski definition) is 0. The highest BCUT2D eigenvalue weighted by atomic mass is 16.6. The van der Waals surface area contributed by atoms with E-state index in [9.17, 15) is 4.79 Å². The summed E-state index contributed by atoms with van der Waals surface area (Å²) in [6.07, 6.45) is -0.247. The number of ether oxygens (including phenoxy) is 1. The van der Waals surface area contributed by atoms with Crippen LogP contribution in [0.4, 0.5) is 10.7 Å². The Kier molecular flexibility index (Phi) is 4.34. The summed E-state index contributed by atoms with van der Waals surface area (Å²) in [5.41, 5.74) is 1.48. The van der Waals surface area contributed by atoms with Crippen molar-refractivity contribution >= 4 is 12.0 Å². The standard InChI is InChI=1S/C15H24N4O2/c1-11-10-12(2)17-13(16-11)18-6-8-19(9-7-18)14(20)21-15(3,4)5/h10H,6-9H2,1-5H3. The zero-order valence-corrected chi connectivity index (χ0v) is 13.5. The summed E-state index contributed by atoms with van der Waals surface area (Å²) < 4.78 is 5.39. The van der Waals surface area contributed by atoms with Crippen molar-refractivity contribution in [2.75, 3.05) is 31.1 Å². The van der Waals surface area contributed by atoms with Crippen molar-refractivity contribution in [3.63, 3.8) is 0 Å². The van der Waals surface area contributed by atoms with Crippen LogP contribution in [0, 0.1) is 13.8 Å². The summed E-state index contributed by atoms with van der Waals surface area (Å²) in [6.45, 7) is 12.3. The molecule has 1 aliphatic heterocycles. The van der Waals surface area contributed by atoms with Gasteiger partial charge in [-0.2, -0.15) is 0 Å². The van der Waals surface area contributed by atoms with Gasteiger partial charge in [-0.25, -0.2) is 14.8 Å². The molecule has 6 nitrogen and oxygen atoms in total. The molecule has 21 heavy (non-hydrogen) atoms. The Hall–Kier alpha value is -1.85. The zero-order valence-electron chi connectivity index (χ0n) is 13.5. The lowest BCUT2D eigenvalue weighted by Gasteiger charge is -2.35. The van der Waals surface area contributed by atoms with E-state index in [1.54, 1.807) is 4.90 Å². The van der Waals surface area contributed by atoms with E-state index in [-0.39, 0.29) is 6.09 Å². The summed E-state index contributed by atoms with van der Waals surface area (Å²) in [5, 5.41) is 0. The molecule has 0 unspecified atom stereocenters. The molecule has 1 saturated heterocycles. The van der Waals surface area contributed by atoms with Crippen LogP contribution in [0.5, 0.6) is 0 Å². The summed E-state index contributed by atoms with van der Waals surface area (Å²) in [5.74, 6) is 0.747. The third-order valence-corrected chi connectivity index (χ3v) is 3.18. The van der Waals surface area contributed by atoms with Crippen molar-refractivity contribution in [3.05, 3.63) is 17.5 Å². The van der Waals surface area contributed by atoms with Gasteiger partial charge >= 0.3 is 6.09 Å². The normalized spacial score (nSPS) is 16.0. The Balaban J connectivity index is 1.95. The minimum Gasteiger partial charge on any atom is -0.444 e. The Morgan fingerprint density at radius 1 is 1.10 bits per heavy atom. The van der Waals surface area contributed by atoms with Gasteiger partial charge in [0.2, 0.25) is 5.95 Å². The molecular formula is C15H24N4O2. The molecule has 1 aliphatic rings. The Labute approximate surface area is 126 Å². The number of nitrogens with zero attached hydrogens (tertiary/aromatic N) is 4. The Bertz CT molecular complexity index is 497. The average molecular weight is 292 g/mol. The predicted molar refractivity (Wildman–Crippen MR) is 81.5 cm³/mol. The maximum atomic E-state index is 12.0. The topological polar surface area (TPSA) is 58.6 Å². The number of aromatic nitrogens is 2. The third kappa shape index (κ3) is 4.31. The lowest BCUT2D eigenvalue weighted by Crippen LogP contribution is -2.50. The van der Waals surface area contributed by atoms with Crippen molar-refractivity contribution < 1.29 is 9.53 Å². The van der Waals surface area contributed by atoms with Gasteiger partial charge in [0.15, 0.2) is 0 Å². The molecule has 0 spiro atoms. The van der Waals surface area contributed by atoms with Crippen LogP contribution in [0.15, 0.2) is 6.07 Å². The molecular weight excluding hydrogens is 268 g/mol. The first kappa shape index (κ1) is 15.5. The molecule has 1 amide bonds. The Morgan fingerprint density at radius 3 is 2.10 bits per heavy atom. The molecule has 0 atom stereocenters. The number of rotatable bonds is 1. The minimum absolute atomic E-state index is 0.247. The highest BCUT2D eigenvalue weighted by Gasteiger charge is 2.26. The lowest BCUT2D eigenvalue weighted by atomic mass is 10.2. The van der Waals surface area contributed by atoms with Gasteiger partial charge in [0, 0.05) is 37.6 Å². The molecule has 0 radical (unpaired) electrons. The van der Waals surface area contributed by atoms with Crippen LogP contribution in [-0.4, -0.2) is 52.7 Å². The fourth-order valence-corrected chi connectivity index (χ4v) is 2.26. The Morgan fingerprint density at radius 2 is 1.62 bits per heavy atom. The third-order valence-electron chi connectivity index (χ3n) is 3.18. The van der Waals surface area contributed by atoms with E-state index in [4.69, 9.17) is 4.74 Å². The largest absolute Gasteiger partial charge is 0.444 e. The lowest BCUT2D eigenvalue weighted by molar-refractivity contribution is 0.0240. The SMILES string of the molecule is Cc1cc(C)nc(N2CCN(C(=O)OC(C)(C)C)CC2)n1. The summed E-state index contributed by atoms with van der Waals surface area (Å²) >= 11 is 0. The van der Waals surface area contributed by atoms with Crippen molar-refractivity contribution in [2.24, 2.45) is 0 Å². The fraction of sp³-hybridized carbons (Fsp3) is 0.667. The van der Waals surface area contributed by atoms with Crippen molar-refractivity contribution in [3.8, 4) is 0 Å². The number of hydrogen-bond acceptors (Lipinski definition) is 5. The molecule has 1 aromatic rings. The molecule has 6 heteroatoms. The molecule has 0 N–H and O–H groups in total.